The highest BCUT2D eigenvalue weighted by Crippen LogP contribution is 2.21. The van der Waals surface area contributed by atoms with Crippen molar-refractivity contribution in [3.63, 3.8) is 0 Å². The third kappa shape index (κ3) is 4.82. The first-order valence-corrected chi connectivity index (χ1v) is 10.7. The van der Waals surface area contributed by atoms with E-state index in [2.05, 4.69) is 10.2 Å². The summed E-state index contributed by atoms with van der Waals surface area (Å²) in [6, 6.07) is 6.22. The van der Waals surface area contributed by atoms with Gasteiger partial charge in [-0.2, -0.15) is 4.31 Å². The quantitative estimate of drug-likeness (QED) is 0.711. The van der Waals surface area contributed by atoms with Crippen molar-refractivity contribution >= 4 is 15.9 Å². The minimum atomic E-state index is -3.43. The van der Waals surface area contributed by atoms with Crippen molar-refractivity contribution in [2.24, 2.45) is 0 Å². The van der Waals surface area contributed by atoms with Crippen LogP contribution in [0.5, 0.6) is 0 Å². The molecule has 1 amide bonds. The van der Waals surface area contributed by atoms with E-state index in [0.717, 1.165) is 52.1 Å². The SMILES string of the molecule is O=C(NCCCN1CCOCC1)c1ccc(S(=O)(=O)N2CCCC2)cc1. The molecule has 0 spiro atoms. The van der Waals surface area contributed by atoms with E-state index in [-0.39, 0.29) is 10.8 Å². The van der Waals surface area contributed by atoms with E-state index in [9.17, 15) is 13.2 Å². The highest BCUT2D eigenvalue weighted by Gasteiger charge is 2.27. The lowest BCUT2D eigenvalue weighted by atomic mass is 10.2. The van der Waals surface area contributed by atoms with Crippen LogP contribution in [0.2, 0.25) is 0 Å². The second-order valence-electron chi connectivity index (χ2n) is 6.70. The van der Waals surface area contributed by atoms with Crippen molar-refractivity contribution in [1.82, 2.24) is 14.5 Å². The molecule has 2 aliphatic rings. The van der Waals surface area contributed by atoms with Crippen molar-refractivity contribution in [2.75, 3.05) is 52.5 Å². The van der Waals surface area contributed by atoms with Gasteiger partial charge in [0, 0.05) is 38.3 Å². The molecule has 1 N–H and O–H groups in total. The molecule has 0 aliphatic carbocycles. The standard InChI is InChI=1S/C18H27N3O4S/c22-18(19-8-3-9-20-12-14-25-15-13-20)16-4-6-17(7-5-16)26(23,24)21-10-1-2-11-21/h4-7H,1-3,8-15H2,(H,19,22). The van der Waals surface area contributed by atoms with Crippen molar-refractivity contribution in [3.05, 3.63) is 29.8 Å². The van der Waals surface area contributed by atoms with Crippen LogP contribution in [0, 0.1) is 0 Å². The first-order chi connectivity index (χ1) is 12.6. The summed E-state index contributed by atoms with van der Waals surface area (Å²) in [6.07, 6.45) is 2.70. The van der Waals surface area contributed by atoms with Gasteiger partial charge < -0.3 is 10.1 Å². The van der Waals surface area contributed by atoms with Crippen LogP contribution in [0.15, 0.2) is 29.2 Å². The Morgan fingerprint density at radius 3 is 2.35 bits per heavy atom. The molecule has 144 valence electrons. The van der Waals surface area contributed by atoms with Crippen molar-refractivity contribution in [2.45, 2.75) is 24.2 Å². The number of nitrogens with zero attached hydrogens (tertiary/aromatic N) is 2. The first-order valence-electron chi connectivity index (χ1n) is 9.26. The fraction of sp³-hybridized carbons (Fsp3) is 0.611. The second-order valence-corrected chi connectivity index (χ2v) is 8.64. The normalized spacial score (nSPS) is 19.5. The predicted molar refractivity (Wildman–Crippen MR) is 98.6 cm³/mol. The lowest BCUT2D eigenvalue weighted by molar-refractivity contribution is 0.0374. The van der Waals surface area contributed by atoms with Crippen molar-refractivity contribution < 1.29 is 17.9 Å². The topological polar surface area (TPSA) is 79.0 Å². The van der Waals surface area contributed by atoms with E-state index in [1.807, 2.05) is 0 Å². The molecule has 26 heavy (non-hydrogen) atoms. The number of benzene rings is 1. The molecule has 2 fully saturated rings. The van der Waals surface area contributed by atoms with Gasteiger partial charge in [-0.05, 0) is 50.1 Å². The Labute approximate surface area is 155 Å². The summed E-state index contributed by atoms with van der Waals surface area (Å²) in [7, 11) is -3.43. The van der Waals surface area contributed by atoms with Gasteiger partial charge in [-0.25, -0.2) is 8.42 Å². The molecule has 0 aromatic heterocycles. The van der Waals surface area contributed by atoms with E-state index in [4.69, 9.17) is 4.74 Å². The predicted octanol–water partition coefficient (Wildman–Crippen LogP) is 0.923. The Balaban J connectivity index is 1.47. The van der Waals surface area contributed by atoms with E-state index in [1.54, 1.807) is 12.1 Å². The fourth-order valence-electron chi connectivity index (χ4n) is 3.29. The summed E-state index contributed by atoms with van der Waals surface area (Å²) < 4.78 is 31.8. The highest BCUT2D eigenvalue weighted by atomic mass is 32.2. The first kappa shape index (κ1) is 19.3. The van der Waals surface area contributed by atoms with Crippen LogP contribution >= 0.6 is 0 Å². The zero-order valence-electron chi connectivity index (χ0n) is 15.0. The van der Waals surface area contributed by atoms with Gasteiger partial charge in [0.2, 0.25) is 10.0 Å². The summed E-state index contributed by atoms with van der Waals surface area (Å²) in [5.74, 6) is -0.169. The van der Waals surface area contributed by atoms with Gasteiger partial charge in [-0.1, -0.05) is 0 Å². The van der Waals surface area contributed by atoms with Gasteiger partial charge >= 0.3 is 0 Å². The van der Waals surface area contributed by atoms with E-state index < -0.39 is 10.0 Å². The number of hydrogen-bond donors (Lipinski definition) is 1. The number of carbonyl (C=O) groups excluding carboxylic acids is 1. The maximum atomic E-state index is 12.5. The average Bonchev–Trinajstić information content (AvgIpc) is 3.22. The lowest BCUT2D eigenvalue weighted by Crippen LogP contribution is -2.38. The Morgan fingerprint density at radius 1 is 1.04 bits per heavy atom. The third-order valence-corrected chi connectivity index (χ3v) is 6.77. The summed E-state index contributed by atoms with van der Waals surface area (Å²) >= 11 is 0. The van der Waals surface area contributed by atoms with Crippen LogP contribution in [0.1, 0.15) is 29.6 Å². The van der Waals surface area contributed by atoms with Gasteiger partial charge in [0.25, 0.3) is 5.91 Å². The highest BCUT2D eigenvalue weighted by molar-refractivity contribution is 7.89. The van der Waals surface area contributed by atoms with Crippen LogP contribution in [0.25, 0.3) is 0 Å². The van der Waals surface area contributed by atoms with Gasteiger partial charge in [0.05, 0.1) is 18.1 Å². The maximum absolute atomic E-state index is 12.5. The second kappa shape index (κ2) is 8.94. The number of ether oxygens (including phenoxy) is 1. The van der Waals surface area contributed by atoms with Gasteiger partial charge in [-0.15, -0.1) is 0 Å². The Hall–Kier alpha value is -1.48. The van der Waals surface area contributed by atoms with Crippen LogP contribution < -0.4 is 5.32 Å². The Bertz CT molecular complexity index is 694. The maximum Gasteiger partial charge on any atom is 0.251 e. The van der Waals surface area contributed by atoms with Gasteiger partial charge in [-0.3, -0.25) is 9.69 Å². The average molecular weight is 381 g/mol. The number of morpholine rings is 1. The van der Waals surface area contributed by atoms with Crippen LogP contribution in [0.4, 0.5) is 0 Å². The number of hydrogen-bond acceptors (Lipinski definition) is 5. The molecular formula is C18H27N3O4S. The zero-order valence-corrected chi connectivity index (χ0v) is 15.8. The fourth-order valence-corrected chi connectivity index (χ4v) is 4.80. The molecule has 1 aromatic rings. The minimum Gasteiger partial charge on any atom is -0.379 e. The summed E-state index contributed by atoms with van der Waals surface area (Å²) in [5, 5.41) is 2.90. The van der Waals surface area contributed by atoms with Gasteiger partial charge in [0.15, 0.2) is 0 Å². The molecule has 8 heteroatoms. The van der Waals surface area contributed by atoms with Crippen LogP contribution in [0.3, 0.4) is 0 Å². The lowest BCUT2D eigenvalue weighted by Gasteiger charge is -2.26. The largest absolute Gasteiger partial charge is 0.379 e. The molecular weight excluding hydrogens is 354 g/mol. The van der Waals surface area contributed by atoms with Crippen LogP contribution in [-0.2, 0) is 14.8 Å². The molecule has 0 radical (unpaired) electrons. The molecule has 7 nitrogen and oxygen atoms in total. The van der Waals surface area contributed by atoms with E-state index in [1.165, 1.54) is 16.4 Å². The number of sulfonamides is 1. The number of carbonyl (C=O) groups is 1. The molecule has 2 aliphatic heterocycles. The summed E-state index contributed by atoms with van der Waals surface area (Å²) in [5.41, 5.74) is 0.483. The van der Waals surface area contributed by atoms with Crippen molar-refractivity contribution in [3.8, 4) is 0 Å². The number of rotatable bonds is 7. The molecule has 3 rings (SSSR count). The smallest absolute Gasteiger partial charge is 0.251 e. The summed E-state index contributed by atoms with van der Waals surface area (Å²) in [6.45, 7) is 6.14. The van der Waals surface area contributed by atoms with E-state index >= 15 is 0 Å². The molecule has 0 bridgehead atoms. The molecule has 2 saturated heterocycles. The monoisotopic (exact) mass is 381 g/mol. The molecule has 0 atom stereocenters. The minimum absolute atomic E-state index is 0.169. The zero-order chi connectivity index (χ0) is 18.4. The summed E-state index contributed by atoms with van der Waals surface area (Å²) in [4.78, 5) is 14.8. The Morgan fingerprint density at radius 2 is 1.69 bits per heavy atom. The molecule has 0 unspecified atom stereocenters. The van der Waals surface area contributed by atoms with E-state index in [0.29, 0.717) is 25.2 Å². The molecule has 1 aromatic carbocycles. The van der Waals surface area contributed by atoms with Crippen LogP contribution in [-0.4, -0.2) is 76.0 Å². The number of amides is 1. The molecule has 0 saturated carbocycles. The van der Waals surface area contributed by atoms with Crippen molar-refractivity contribution in [1.29, 1.82) is 0 Å². The number of nitrogens with one attached hydrogen (secondary N) is 1. The Kier molecular flexibility index (Phi) is 6.63. The third-order valence-electron chi connectivity index (χ3n) is 4.86. The molecule has 2 heterocycles. The van der Waals surface area contributed by atoms with Gasteiger partial charge in [0.1, 0.15) is 0 Å².